The predicted octanol–water partition coefficient (Wildman–Crippen LogP) is -1.13. The van der Waals surface area contributed by atoms with E-state index in [1.807, 2.05) is 19.9 Å². The molecule has 0 fully saturated rings. The second-order valence-corrected chi connectivity index (χ2v) is 5.50. The standard InChI is InChI=1S/C16H12N4O7/c21-10(6-4-2-1-3-5-6)7(8-11(22)17-15(26)18-12(8)23)9-13(24)19-16(27)20-14(9)25/h1-5,7H,(H3,17,18,22,23,26)(H3,19,20,24,25,27). The molecule has 0 unspecified atom stereocenters. The molecule has 2 aromatic heterocycles. The van der Waals surface area contributed by atoms with Gasteiger partial charge in [0.2, 0.25) is 11.8 Å². The van der Waals surface area contributed by atoms with Crippen LogP contribution in [0.25, 0.3) is 0 Å². The topological polar surface area (TPSA) is 189 Å². The molecular formula is C16H12N4O7. The quantitative estimate of drug-likeness (QED) is 0.312. The molecule has 6 N–H and O–H groups in total. The number of nitrogens with one attached hydrogen (secondary N) is 4. The highest BCUT2D eigenvalue weighted by Crippen LogP contribution is 2.31. The first-order valence-corrected chi connectivity index (χ1v) is 7.49. The molecule has 0 atom stereocenters. The SMILES string of the molecule is O=C(c1ccccc1)C(c1c(O)[nH]c(=O)[nH]c1=O)c1c(O)[nH]c(=O)[nH]c1=O. The van der Waals surface area contributed by atoms with Crippen molar-refractivity contribution in [2.75, 3.05) is 0 Å². The maximum atomic E-state index is 13.0. The molecule has 1 aromatic carbocycles. The van der Waals surface area contributed by atoms with E-state index < -0.39 is 57.1 Å². The van der Waals surface area contributed by atoms with Crippen LogP contribution >= 0.6 is 0 Å². The van der Waals surface area contributed by atoms with Crippen molar-refractivity contribution in [2.24, 2.45) is 0 Å². The number of benzene rings is 1. The van der Waals surface area contributed by atoms with Gasteiger partial charge in [-0.3, -0.25) is 34.3 Å². The summed E-state index contributed by atoms with van der Waals surface area (Å²) in [5.74, 6) is -4.56. The first-order chi connectivity index (χ1) is 12.8. The minimum Gasteiger partial charge on any atom is -0.494 e. The molecule has 0 amide bonds. The molecule has 0 bridgehead atoms. The minimum absolute atomic E-state index is 0.0532. The highest BCUT2D eigenvalue weighted by molar-refractivity contribution is 6.03. The molecule has 0 saturated carbocycles. The molecule has 11 heteroatoms. The number of hydrogen-bond acceptors (Lipinski definition) is 7. The van der Waals surface area contributed by atoms with Gasteiger partial charge in [-0.05, 0) is 0 Å². The number of carbonyl (C=O) groups excluding carboxylic acids is 1. The van der Waals surface area contributed by atoms with E-state index in [1.54, 1.807) is 6.07 Å². The predicted molar refractivity (Wildman–Crippen MR) is 91.3 cm³/mol. The average molecular weight is 372 g/mol. The molecule has 11 nitrogen and oxygen atoms in total. The zero-order valence-corrected chi connectivity index (χ0v) is 13.4. The van der Waals surface area contributed by atoms with E-state index in [1.165, 1.54) is 24.3 Å². The molecule has 0 radical (unpaired) electrons. The van der Waals surface area contributed by atoms with Gasteiger partial charge < -0.3 is 10.2 Å². The molecule has 0 aliphatic heterocycles. The zero-order valence-electron chi connectivity index (χ0n) is 13.4. The van der Waals surface area contributed by atoms with Crippen LogP contribution in [0.5, 0.6) is 11.8 Å². The van der Waals surface area contributed by atoms with E-state index in [2.05, 4.69) is 0 Å². The number of Topliss-reactive ketones (excluding diaryl/α,β-unsaturated/α-hetero) is 1. The summed E-state index contributed by atoms with van der Waals surface area (Å²) < 4.78 is 0. The molecule has 138 valence electrons. The molecular weight excluding hydrogens is 360 g/mol. The van der Waals surface area contributed by atoms with Crippen molar-refractivity contribution in [1.82, 2.24) is 19.9 Å². The lowest BCUT2D eigenvalue weighted by Crippen LogP contribution is -2.34. The Kier molecular flexibility index (Phi) is 4.34. The lowest BCUT2D eigenvalue weighted by Gasteiger charge is -2.16. The van der Waals surface area contributed by atoms with Crippen LogP contribution in [-0.2, 0) is 0 Å². The third-order valence-electron chi connectivity index (χ3n) is 3.82. The third kappa shape index (κ3) is 3.20. The number of ketones is 1. The number of carbonyl (C=O) groups is 1. The van der Waals surface area contributed by atoms with Crippen LogP contribution in [0, 0.1) is 0 Å². The summed E-state index contributed by atoms with van der Waals surface area (Å²) in [6, 6.07) is 7.46. The van der Waals surface area contributed by atoms with Crippen LogP contribution in [0.15, 0.2) is 49.5 Å². The number of aromatic nitrogens is 4. The number of aromatic amines is 4. The lowest BCUT2D eigenvalue weighted by molar-refractivity contribution is 0.0969. The Balaban J connectivity index is 2.38. The van der Waals surface area contributed by atoms with Gasteiger partial charge in [0.25, 0.3) is 11.1 Å². The average Bonchev–Trinajstić information content (AvgIpc) is 2.59. The molecule has 2 heterocycles. The third-order valence-corrected chi connectivity index (χ3v) is 3.82. The van der Waals surface area contributed by atoms with Gasteiger partial charge >= 0.3 is 11.4 Å². The molecule has 0 saturated heterocycles. The Morgan fingerprint density at radius 2 is 1.19 bits per heavy atom. The van der Waals surface area contributed by atoms with Crippen molar-refractivity contribution in [3.8, 4) is 11.8 Å². The molecule has 0 spiro atoms. The Morgan fingerprint density at radius 3 is 1.59 bits per heavy atom. The van der Waals surface area contributed by atoms with E-state index in [-0.39, 0.29) is 5.56 Å². The van der Waals surface area contributed by atoms with Crippen molar-refractivity contribution in [2.45, 2.75) is 5.92 Å². The van der Waals surface area contributed by atoms with Crippen LogP contribution in [0.3, 0.4) is 0 Å². The number of H-pyrrole nitrogens is 4. The summed E-state index contributed by atoms with van der Waals surface area (Å²) in [5.41, 5.74) is -5.64. The van der Waals surface area contributed by atoms with E-state index >= 15 is 0 Å². The zero-order chi connectivity index (χ0) is 19.7. The van der Waals surface area contributed by atoms with Crippen molar-refractivity contribution in [3.05, 3.63) is 88.7 Å². The number of aromatic hydroxyl groups is 2. The second kappa shape index (κ2) is 6.63. The monoisotopic (exact) mass is 372 g/mol. The van der Waals surface area contributed by atoms with Gasteiger partial charge in [-0.2, -0.15) is 0 Å². The molecule has 3 rings (SSSR count). The van der Waals surface area contributed by atoms with Gasteiger partial charge in [-0.1, -0.05) is 30.3 Å². The maximum Gasteiger partial charge on any atom is 0.328 e. The van der Waals surface area contributed by atoms with Crippen LogP contribution in [0.1, 0.15) is 27.4 Å². The van der Waals surface area contributed by atoms with E-state index in [4.69, 9.17) is 0 Å². The number of rotatable bonds is 4. The Labute approximate surface area is 148 Å². The van der Waals surface area contributed by atoms with Crippen LogP contribution < -0.4 is 22.5 Å². The molecule has 0 aliphatic rings. The van der Waals surface area contributed by atoms with Gasteiger partial charge in [0.1, 0.15) is 0 Å². The van der Waals surface area contributed by atoms with Crippen molar-refractivity contribution in [1.29, 1.82) is 0 Å². The first kappa shape index (κ1) is 17.7. The van der Waals surface area contributed by atoms with E-state index in [0.29, 0.717) is 0 Å². The summed E-state index contributed by atoms with van der Waals surface area (Å²) in [4.78, 5) is 67.7. The van der Waals surface area contributed by atoms with E-state index in [0.717, 1.165) is 0 Å². The highest BCUT2D eigenvalue weighted by Gasteiger charge is 2.34. The summed E-state index contributed by atoms with van der Waals surface area (Å²) in [6.45, 7) is 0. The van der Waals surface area contributed by atoms with Crippen LogP contribution in [0.2, 0.25) is 0 Å². The van der Waals surface area contributed by atoms with Gasteiger partial charge in [-0.15, -0.1) is 0 Å². The van der Waals surface area contributed by atoms with Crippen LogP contribution in [0.4, 0.5) is 0 Å². The molecule has 3 aromatic rings. The number of hydrogen-bond donors (Lipinski definition) is 6. The summed E-state index contributed by atoms with van der Waals surface area (Å²) in [5, 5.41) is 20.1. The van der Waals surface area contributed by atoms with Gasteiger partial charge in [0.05, 0.1) is 17.0 Å². The fraction of sp³-hybridized carbons (Fsp3) is 0.0625. The smallest absolute Gasteiger partial charge is 0.328 e. The van der Waals surface area contributed by atoms with Gasteiger partial charge in [0.15, 0.2) is 5.78 Å². The Bertz CT molecular complexity index is 1180. The summed E-state index contributed by atoms with van der Waals surface area (Å²) in [6.07, 6.45) is 0. The fourth-order valence-electron chi connectivity index (χ4n) is 2.68. The van der Waals surface area contributed by atoms with E-state index in [9.17, 15) is 34.2 Å². The lowest BCUT2D eigenvalue weighted by atomic mass is 9.86. The maximum absolute atomic E-state index is 13.0. The van der Waals surface area contributed by atoms with Crippen molar-refractivity contribution < 1.29 is 15.0 Å². The second-order valence-electron chi connectivity index (χ2n) is 5.50. The van der Waals surface area contributed by atoms with Crippen molar-refractivity contribution in [3.63, 3.8) is 0 Å². The minimum atomic E-state index is -1.81. The molecule has 27 heavy (non-hydrogen) atoms. The molecule has 0 aliphatic carbocycles. The Morgan fingerprint density at radius 1 is 0.741 bits per heavy atom. The van der Waals surface area contributed by atoms with Gasteiger partial charge in [-0.25, -0.2) is 9.59 Å². The summed E-state index contributed by atoms with van der Waals surface area (Å²) >= 11 is 0. The van der Waals surface area contributed by atoms with Crippen LogP contribution in [-0.4, -0.2) is 35.9 Å². The van der Waals surface area contributed by atoms with Crippen molar-refractivity contribution >= 4 is 5.78 Å². The fourth-order valence-corrected chi connectivity index (χ4v) is 2.68. The Hall–Kier alpha value is -4.15. The summed E-state index contributed by atoms with van der Waals surface area (Å²) in [7, 11) is 0. The van der Waals surface area contributed by atoms with Gasteiger partial charge in [0, 0.05) is 5.56 Å². The normalized spacial score (nSPS) is 10.9. The largest absolute Gasteiger partial charge is 0.494 e. The first-order valence-electron chi connectivity index (χ1n) is 7.49. The highest BCUT2D eigenvalue weighted by atomic mass is 16.3.